The number of aliphatic carboxylic acids is 1. The monoisotopic (exact) mass is 588 g/mol. The number of likely N-dealkylation sites (tertiary alicyclic amines) is 1. The topological polar surface area (TPSA) is 88.5 Å². The fourth-order valence-corrected chi connectivity index (χ4v) is 6.38. The predicted octanol–water partition coefficient (Wildman–Crippen LogP) is 5.00. The van der Waals surface area contributed by atoms with E-state index < -0.39 is 11.9 Å². The Kier molecular flexibility index (Phi) is 11.7. The normalized spacial score (nSPS) is 20.8. The number of benzene rings is 1. The van der Waals surface area contributed by atoms with Gasteiger partial charge in [0.1, 0.15) is 0 Å². The van der Waals surface area contributed by atoms with Gasteiger partial charge >= 0.3 is 5.97 Å². The lowest BCUT2D eigenvalue weighted by Gasteiger charge is -2.34. The third kappa shape index (κ3) is 8.86. The molecule has 0 unspecified atom stereocenters. The van der Waals surface area contributed by atoms with Crippen LogP contribution in [0.2, 0.25) is 0 Å². The Morgan fingerprint density at radius 2 is 1.88 bits per heavy atom. The molecule has 1 aromatic rings. The Labute approximate surface area is 253 Å². The summed E-state index contributed by atoms with van der Waals surface area (Å²) in [7, 11) is 8.14. The van der Waals surface area contributed by atoms with Gasteiger partial charge in [-0.25, -0.2) is 0 Å². The van der Waals surface area contributed by atoms with Gasteiger partial charge in [0.05, 0.1) is 47.3 Å². The lowest BCUT2D eigenvalue weighted by atomic mass is 9.77. The van der Waals surface area contributed by atoms with Crippen LogP contribution in [-0.2, 0) is 9.59 Å². The third-order valence-electron chi connectivity index (χ3n) is 8.47. The van der Waals surface area contributed by atoms with Gasteiger partial charge < -0.3 is 28.7 Å². The van der Waals surface area contributed by atoms with E-state index >= 15 is 0 Å². The van der Waals surface area contributed by atoms with Gasteiger partial charge in [0.15, 0.2) is 11.5 Å². The van der Waals surface area contributed by atoms with Crippen molar-refractivity contribution in [1.29, 1.82) is 0 Å². The van der Waals surface area contributed by atoms with Crippen molar-refractivity contribution in [3.05, 3.63) is 29.8 Å². The third-order valence-corrected chi connectivity index (χ3v) is 8.47. The zero-order valence-corrected chi connectivity index (χ0v) is 27.1. The molecule has 0 bridgehead atoms. The number of ether oxygens (including phenoxy) is 3. The zero-order chi connectivity index (χ0) is 31.1. The molecule has 236 valence electrons. The van der Waals surface area contributed by atoms with Gasteiger partial charge in [0, 0.05) is 31.6 Å². The second-order valence-electron chi connectivity index (χ2n) is 13.6. The molecule has 1 amide bonds. The summed E-state index contributed by atoms with van der Waals surface area (Å²) in [5.74, 6) is -0.162. The summed E-state index contributed by atoms with van der Waals surface area (Å²) in [5.41, 5.74) is 0.596. The number of hydrogen-bond acceptors (Lipinski definition) is 6. The first-order chi connectivity index (χ1) is 19.8. The highest BCUT2D eigenvalue weighted by Gasteiger charge is 2.49. The van der Waals surface area contributed by atoms with Gasteiger partial charge in [-0.1, -0.05) is 39.3 Å². The molecule has 9 heteroatoms. The van der Waals surface area contributed by atoms with E-state index in [-0.39, 0.29) is 36.6 Å². The molecule has 2 aliphatic heterocycles. The van der Waals surface area contributed by atoms with Crippen LogP contribution >= 0.6 is 0 Å². The van der Waals surface area contributed by atoms with Gasteiger partial charge in [0.25, 0.3) is 0 Å². The summed E-state index contributed by atoms with van der Waals surface area (Å²) in [5, 5.41) is 10.6. The average Bonchev–Trinajstić information content (AvgIpc) is 3.51. The standard InChI is InChI=1S/C33H53N3O6/c1-9-11-15-34(16-12-13-17-36(5,6)7)29(37)22-35-21-25(24-18-27(40-8)31-28(19-24)41-23-42-31)30(32(38)39)26(35)20-33(3,4)14-10-2/h10,14,18-19,25-26,30H,9,11-13,15-17,20-23H2,1-8H3/p+1/b14-10+/t25-,26+,30-/m1/s1. The average molecular weight is 589 g/mol. The van der Waals surface area contributed by atoms with E-state index in [1.54, 1.807) is 7.11 Å². The SMILES string of the molecule is C/C=C/C(C)(C)C[C@H]1[C@H](C(=O)O)[C@@H](c2cc(OC)c3c(c2)OCO3)CN1CC(=O)N(CCCC)CCCC[N+](C)(C)C. The van der Waals surface area contributed by atoms with Crippen molar-refractivity contribution >= 4 is 11.9 Å². The maximum absolute atomic E-state index is 13.9. The number of allylic oxidation sites excluding steroid dienone is 2. The summed E-state index contributed by atoms with van der Waals surface area (Å²) in [6.07, 6.45) is 8.75. The minimum Gasteiger partial charge on any atom is -0.493 e. The molecule has 3 rings (SSSR count). The molecule has 1 aromatic carbocycles. The van der Waals surface area contributed by atoms with E-state index in [0.29, 0.717) is 30.2 Å². The van der Waals surface area contributed by atoms with E-state index in [1.807, 2.05) is 30.0 Å². The van der Waals surface area contributed by atoms with E-state index in [0.717, 1.165) is 55.4 Å². The Morgan fingerprint density at radius 1 is 1.17 bits per heavy atom. The first-order valence-electron chi connectivity index (χ1n) is 15.5. The Hall–Kier alpha value is -2.78. The number of carboxylic acid groups (broad SMARTS) is 1. The zero-order valence-electron chi connectivity index (χ0n) is 27.1. The second-order valence-corrected chi connectivity index (χ2v) is 13.6. The largest absolute Gasteiger partial charge is 0.493 e. The first kappa shape index (κ1) is 33.7. The fraction of sp³-hybridized carbons (Fsp3) is 0.697. The second kappa shape index (κ2) is 14.6. The highest BCUT2D eigenvalue weighted by Crippen LogP contribution is 2.48. The van der Waals surface area contributed by atoms with E-state index in [1.165, 1.54) is 0 Å². The predicted molar refractivity (Wildman–Crippen MR) is 165 cm³/mol. The molecular weight excluding hydrogens is 534 g/mol. The summed E-state index contributed by atoms with van der Waals surface area (Å²) in [6.45, 7) is 11.7. The molecule has 0 spiro atoms. The summed E-state index contributed by atoms with van der Waals surface area (Å²) in [4.78, 5) is 31.0. The Balaban J connectivity index is 1.91. The van der Waals surface area contributed by atoms with E-state index in [2.05, 4.69) is 52.9 Å². The molecule has 2 aliphatic rings. The number of unbranched alkanes of at least 4 members (excludes halogenated alkanes) is 2. The molecule has 2 heterocycles. The number of carbonyl (C=O) groups is 2. The van der Waals surface area contributed by atoms with Gasteiger partial charge in [-0.15, -0.1) is 0 Å². The van der Waals surface area contributed by atoms with Gasteiger partial charge in [-0.2, -0.15) is 0 Å². The van der Waals surface area contributed by atoms with E-state index in [9.17, 15) is 14.7 Å². The number of rotatable bonds is 16. The number of amides is 1. The molecule has 1 N–H and O–H groups in total. The van der Waals surface area contributed by atoms with Crippen LogP contribution in [0.15, 0.2) is 24.3 Å². The molecule has 9 nitrogen and oxygen atoms in total. The van der Waals surface area contributed by atoms with Gasteiger partial charge in [-0.3, -0.25) is 14.5 Å². The van der Waals surface area contributed by atoms with Gasteiger partial charge in [-0.05, 0) is 55.7 Å². The van der Waals surface area contributed by atoms with Crippen LogP contribution in [0.5, 0.6) is 17.2 Å². The van der Waals surface area contributed by atoms with Crippen molar-refractivity contribution in [2.45, 2.75) is 71.8 Å². The Bertz CT molecular complexity index is 1100. The number of fused-ring (bicyclic) bond motifs is 1. The van der Waals surface area contributed by atoms with Crippen molar-refractivity contribution in [3.63, 3.8) is 0 Å². The van der Waals surface area contributed by atoms with Crippen LogP contribution in [0.4, 0.5) is 0 Å². The van der Waals surface area contributed by atoms with E-state index in [4.69, 9.17) is 14.2 Å². The van der Waals surface area contributed by atoms with Crippen molar-refractivity contribution in [2.24, 2.45) is 11.3 Å². The quantitative estimate of drug-likeness (QED) is 0.165. The van der Waals surface area contributed by atoms with Crippen molar-refractivity contribution < 1.29 is 33.4 Å². The smallest absolute Gasteiger partial charge is 0.308 e. The van der Waals surface area contributed by atoms with Crippen LogP contribution in [0.3, 0.4) is 0 Å². The van der Waals surface area contributed by atoms with Crippen LogP contribution in [0.1, 0.15) is 71.3 Å². The number of hydrogen-bond donors (Lipinski definition) is 1. The molecular formula is C33H54N3O6+. The fourth-order valence-electron chi connectivity index (χ4n) is 6.38. The molecule has 3 atom stereocenters. The van der Waals surface area contributed by atoms with Crippen LogP contribution < -0.4 is 14.2 Å². The highest BCUT2D eigenvalue weighted by molar-refractivity contribution is 5.79. The van der Waals surface area contributed by atoms with Crippen molar-refractivity contribution in [1.82, 2.24) is 9.80 Å². The molecule has 1 saturated heterocycles. The van der Waals surface area contributed by atoms with Crippen molar-refractivity contribution in [3.8, 4) is 17.2 Å². The van der Waals surface area contributed by atoms with Crippen molar-refractivity contribution in [2.75, 3.05) is 67.8 Å². The molecule has 0 aliphatic carbocycles. The number of quaternary nitrogens is 1. The summed E-state index contributed by atoms with van der Waals surface area (Å²) in [6, 6.07) is 3.44. The number of nitrogens with zero attached hydrogens (tertiary/aromatic N) is 3. The van der Waals surface area contributed by atoms with Crippen LogP contribution in [0.25, 0.3) is 0 Å². The molecule has 0 radical (unpaired) electrons. The number of carboxylic acids is 1. The number of methoxy groups -OCH3 is 1. The number of carbonyl (C=O) groups excluding carboxylic acids is 1. The summed E-state index contributed by atoms with van der Waals surface area (Å²) >= 11 is 0. The van der Waals surface area contributed by atoms with Crippen LogP contribution in [-0.4, -0.2) is 105 Å². The molecule has 42 heavy (non-hydrogen) atoms. The van der Waals surface area contributed by atoms with Crippen LogP contribution in [0, 0.1) is 11.3 Å². The molecule has 0 saturated carbocycles. The summed E-state index contributed by atoms with van der Waals surface area (Å²) < 4.78 is 17.7. The minimum atomic E-state index is -0.851. The first-order valence-corrected chi connectivity index (χ1v) is 15.5. The van der Waals surface area contributed by atoms with Gasteiger partial charge in [0.2, 0.25) is 18.4 Å². The lowest BCUT2D eigenvalue weighted by molar-refractivity contribution is -0.870. The Morgan fingerprint density at radius 3 is 2.50 bits per heavy atom. The lowest BCUT2D eigenvalue weighted by Crippen LogP contribution is -2.46. The molecule has 0 aromatic heterocycles. The maximum Gasteiger partial charge on any atom is 0.308 e. The highest BCUT2D eigenvalue weighted by atomic mass is 16.7. The molecule has 1 fully saturated rings. The maximum atomic E-state index is 13.9. The minimum absolute atomic E-state index is 0.0793.